The third kappa shape index (κ3) is 10.5. The number of nitrogens with one attached hydrogen (secondary N) is 2. The van der Waals surface area contributed by atoms with Gasteiger partial charge in [-0.15, -0.1) is 0 Å². The van der Waals surface area contributed by atoms with E-state index in [9.17, 15) is 14.4 Å². The Kier molecular flexibility index (Phi) is 12.4. The molecule has 2 rings (SSSR count). The van der Waals surface area contributed by atoms with Gasteiger partial charge < -0.3 is 20.3 Å². The van der Waals surface area contributed by atoms with Crippen LogP contribution in [-0.2, 0) is 20.9 Å². The van der Waals surface area contributed by atoms with Crippen molar-refractivity contribution >= 4 is 17.9 Å². The summed E-state index contributed by atoms with van der Waals surface area (Å²) in [5.74, 6) is -0.365. The van der Waals surface area contributed by atoms with Gasteiger partial charge in [-0.05, 0) is 82.9 Å². The molecule has 226 valence electrons. The first-order valence-electron chi connectivity index (χ1n) is 14.8. The minimum Gasteiger partial charge on any atom is -0.444 e. The molecule has 0 radical (unpaired) electrons. The molecule has 7 heteroatoms. The van der Waals surface area contributed by atoms with Gasteiger partial charge in [0.2, 0.25) is 11.8 Å². The molecule has 0 aliphatic rings. The van der Waals surface area contributed by atoms with E-state index >= 15 is 0 Å². The summed E-state index contributed by atoms with van der Waals surface area (Å²) in [6.07, 6.45) is 0.951. The molecule has 0 aliphatic carbocycles. The molecule has 3 unspecified atom stereocenters. The first kappa shape index (κ1) is 33.9. The molecule has 0 saturated carbocycles. The molecule has 3 amide bonds. The lowest BCUT2D eigenvalue weighted by atomic mass is 9.92. The van der Waals surface area contributed by atoms with E-state index < -0.39 is 23.8 Å². The number of carbonyl (C=O) groups excluding carboxylic acids is 3. The maximum Gasteiger partial charge on any atom is 0.408 e. The van der Waals surface area contributed by atoms with Crippen LogP contribution in [0.5, 0.6) is 0 Å². The average Bonchev–Trinajstić information content (AvgIpc) is 2.87. The lowest BCUT2D eigenvalue weighted by Gasteiger charge is -2.40. The van der Waals surface area contributed by atoms with Crippen LogP contribution in [0.15, 0.2) is 48.5 Å². The van der Waals surface area contributed by atoms with E-state index in [1.165, 1.54) is 0 Å². The lowest BCUT2D eigenvalue weighted by molar-refractivity contribution is -0.146. The summed E-state index contributed by atoms with van der Waals surface area (Å²) in [6, 6.07) is 13.7. The molecule has 0 heterocycles. The number of rotatable bonds is 12. The maximum atomic E-state index is 14.5. The van der Waals surface area contributed by atoms with Gasteiger partial charge in [0.15, 0.2) is 0 Å². The highest BCUT2D eigenvalue weighted by Crippen LogP contribution is 2.31. The van der Waals surface area contributed by atoms with Crippen molar-refractivity contribution in [2.45, 2.75) is 112 Å². The summed E-state index contributed by atoms with van der Waals surface area (Å²) in [5.41, 5.74) is 3.04. The van der Waals surface area contributed by atoms with Crippen LogP contribution in [0.3, 0.4) is 0 Å². The van der Waals surface area contributed by atoms with Crippen LogP contribution in [0.1, 0.15) is 96.5 Å². The fraction of sp³-hybridized carbons (Fsp3) is 0.559. The zero-order valence-corrected chi connectivity index (χ0v) is 26.7. The van der Waals surface area contributed by atoms with Crippen LogP contribution in [0, 0.1) is 25.7 Å². The Hall–Kier alpha value is -3.35. The molecule has 7 nitrogen and oxygen atoms in total. The SMILES string of the molecule is Cc1ccc(C(C(=O)NCc2ccccc2)N(C(=O)C(NC(=O)OC(C)(C)C)C(C)C)C(C)CCC(C)C)c(C)c1. The minimum atomic E-state index is -0.879. The van der Waals surface area contributed by atoms with Gasteiger partial charge in [0.05, 0.1) is 0 Å². The van der Waals surface area contributed by atoms with Gasteiger partial charge >= 0.3 is 6.09 Å². The van der Waals surface area contributed by atoms with Gasteiger partial charge in [-0.1, -0.05) is 81.8 Å². The molecule has 2 aromatic carbocycles. The number of amides is 3. The van der Waals surface area contributed by atoms with E-state index in [0.29, 0.717) is 18.9 Å². The van der Waals surface area contributed by atoms with E-state index in [1.807, 2.05) is 83.1 Å². The van der Waals surface area contributed by atoms with E-state index in [4.69, 9.17) is 4.74 Å². The highest BCUT2D eigenvalue weighted by molar-refractivity contribution is 5.92. The number of hydrogen-bond acceptors (Lipinski definition) is 4. The summed E-state index contributed by atoms with van der Waals surface area (Å²) in [7, 11) is 0. The Balaban J connectivity index is 2.60. The second-order valence-electron chi connectivity index (χ2n) is 12.9. The number of nitrogens with zero attached hydrogens (tertiary/aromatic N) is 1. The van der Waals surface area contributed by atoms with Crippen molar-refractivity contribution in [3.8, 4) is 0 Å². The molecule has 2 aromatic rings. The summed E-state index contributed by atoms with van der Waals surface area (Å²) in [5, 5.41) is 5.91. The second kappa shape index (κ2) is 15.0. The van der Waals surface area contributed by atoms with Crippen LogP contribution in [0.4, 0.5) is 4.79 Å². The molecular formula is C34H51N3O4. The maximum absolute atomic E-state index is 14.5. The smallest absolute Gasteiger partial charge is 0.408 e. The Labute approximate surface area is 247 Å². The third-order valence-corrected chi connectivity index (χ3v) is 7.05. The fourth-order valence-corrected chi connectivity index (χ4v) is 4.85. The van der Waals surface area contributed by atoms with Crippen molar-refractivity contribution in [1.82, 2.24) is 15.5 Å². The molecule has 0 saturated heterocycles. The predicted octanol–water partition coefficient (Wildman–Crippen LogP) is 6.86. The largest absolute Gasteiger partial charge is 0.444 e. The van der Waals surface area contributed by atoms with E-state index in [-0.39, 0.29) is 23.8 Å². The van der Waals surface area contributed by atoms with Crippen LogP contribution in [-0.4, -0.2) is 40.5 Å². The first-order chi connectivity index (χ1) is 19.1. The van der Waals surface area contributed by atoms with Crippen LogP contribution >= 0.6 is 0 Å². The van der Waals surface area contributed by atoms with Crippen molar-refractivity contribution in [2.75, 3.05) is 0 Å². The zero-order chi connectivity index (χ0) is 30.9. The van der Waals surface area contributed by atoms with E-state index in [1.54, 1.807) is 25.7 Å². The summed E-state index contributed by atoms with van der Waals surface area (Å²) in [4.78, 5) is 43.2. The standard InChI is InChI=1S/C34H51N3O4/c1-22(2)16-18-26(7)37(32(39)29(23(3)4)36-33(40)41-34(8,9)10)30(28-19-17-24(5)20-25(28)6)31(38)35-21-27-14-12-11-13-15-27/h11-15,17,19-20,22-23,26,29-30H,16,18,21H2,1-10H3,(H,35,38)(H,36,40). The van der Waals surface area contributed by atoms with Gasteiger partial charge in [-0.3, -0.25) is 9.59 Å². The lowest BCUT2D eigenvalue weighted by Crippen LogP contribution is -2.57. The zero-order valence-electron chi connectivity index (χ0n) is 26.7. The summed E-state index contributed by atoms with van der Waals surface area (Å²) in [6.45, 7) is 19.7. The molecule has 0 fully saturated rings. The van der Waals surface area contributed by atoms with Crippen LogP contribution in [0.25, 0.3) is 0 Å². The molecule has 3 atom stereocenters. The van der Waals surface area contributed by atoms with E-state index in [0.717, 1.165) is 28.7 Å². The normalized spacial score (nSPS) is 13.9. The van der Waals surface area contributed by atoms with Crippen molar-refractivity contribution < 1.29 is 19.1 Å². The topological polar surface area (TPSA) is 87.7 Å². The molecule has 0 aromatic heterocycles. The molecule has 0 spiro atoms. The number of alkyl carbamates (subject to hydrolysis) is 1. The molecule has 0 aliphatic heterocycles. The molecule has 0 bridgehead atoms. The van der Waals surface area contributed by atoms with Gasteiger partial charge in [0.1, 0.15) is 17.7 Å². The molecular weight excluding hydrogens is 514 g/mol. The van der Waals surface area contributed by atoms with Gasteiger partial charge in [-0.2, -0.15) is 0 Å². The fourth-order valence-electron chi connectivity index (χ4n) is 4.85. The average molecular weight is 566 g/mol. The van der Waals surface area contributed by atoms with Gasteiger partial charge in [0, 0.05) is 12.6 Å². The van der Waals surface area contributed by atoms with Crippen molar-refractivity contribution in [1.29, 1.82) is 0 Å². The van der Waals surface area contributed by atoms with Gasteiger partial charge in [-0.25, -0.2) is 4.79 Å². The number of ether oxygens (including phenoxy) is 1. The van der Waals surface area contributed by atoms with Crippen LogP contribution in [0.2, 0.25) is 0 Å². The highest BCUT2D eigenvalue weighted by Gasteiger charge is 2.40. The van der Waals surface area contributed by atoms with Crippen molar-refractivity contribution in [3.63, 3.8) is 0 Å². The van der Waals surface area contributed by atoms with Crippen LogP contribution < -0.4 is 10.6 Å². The number of benzene rings is 2. The molecule has 2 N–H and O–H groups in total. The monoisotopic (exact) mass is 565 g/mol. The third-order valence-electron chi connectivity index (χ3n) is 7.05. The summed E-state index contributed by atoms with van der Waals surface area (Å²) < 4.78 is 5.50. The Morgan fingerprint density at radius 1 is 0.902 bits per heavy atom. The van der Waals surface area contributed by atoms with Crippen molar-refractivity contribution in [3.05, 3.63) is 70.8 Å². The number of hydrogen-bond donors (Lipinski definition) is 2. The predicted molar refractivity (Wildman–Crippen MR) is 165 cm³/mol. The van der Waals surface area contributed by atoms with Crippen molar-refractivity contribution in [2.24, 2.45) is 11.8 Å². The Bertz CT molecular complexity index is 1150. The second-order valence-corrected chi connectivity index (χ2v) is 12.9. The quantitative estimate of drug-likeness (QED) is 0.294. The Morgan fingerprint density at radius 2 is 1.54 bits per heavy atom. The van der Waals surface area contributed by atoms with E-state index in [2.05, 4.69) is 24.5 Å². The van der Waals surface area contributed by atoms with Gasteiger partial charge in [0.25, 0.3) is 0 Å². The minimum absolute atomic E-state index is 0.234. The highest BCUT2D eigenvalue weighted by atomic mass is 16.6. The number of carbonyl (C=O) groups is 3. The Morgan fingerprint density at radius 3 is 2.07 bits per heavy atom. The summed E-state index contributed by atoms with van der Waals surface area (Å²) >= 11 is 0. The molecule has 41 heavy (non-hydrogen) atoms. The first-order valence-corrected chi connectivity index (χ1v) is 14.8. The number of aryl methyl sites for hydroxylation is 2.